The third-order valence-corrected chi connectivity index (χ3v) is 5.74. The molecular formula is C22H37N3O5S. The van der Waals surface area contributed by atoms with Gasteiger partial charge in [-0.2, -0.15) is 12.6 Å². The Kier molecular flexibility index (Phi) is 13.4. The fraction of sp³-hybridized carbons (Fsp3) is 0.636. The molecule has 5 atom stereocenters. The van der Waals surface area contributed by atoms with Gasteiger partial charge in [-0.25, -0.2) is 4.79 Å². The van der Waals surface area contributed by atoms with Crippen LogP contribution in [0.2, 0.25) is 0 Å². The summed E-state index contributed by atoms with van der Waals surface area (Å²) in [5.41, 5.74) is 6.87. The van der Waals surface area contributed by atoms with Crippen molar-refractivity contribution in [3.8, 4) is 0 Å². The summed E-state index contributed by atoms with van der Waals surface area (Å²) in [7, 11) is 0. The number of carboxylic acids is 1. The van der Waals surface area contributed by atoms with E-state index in [1.54, 1.807) is 0 Å². The first-order valence-corrected chi connectivity index (χ1v) is 11.3. The lowest BCUT2D eigenvalue weighted by molar-refractivity contribution is -0.145. The highest BCUT2D eigenvalue weighted by Crippen LogP contribution is 2.12. The summed E-state index contributed by atoms with van der Waals surface area (Å²) >= 11 is 4.21. The molecule has 1 amide bonds. The molecule has 6 N–H and O–H groups in total. The van der Waals surface area contributed by atoms with Crippen LogP contribution in [0, 0.1) is 5.92 Å². The number of carbonyl (C=O) groups excluding carboxylic acids is 1. The van der Waals surface area contributed by atoms with Gasteiger partial charge in [-0.3, -0.25) is 4.79 Å². The lowest BCUT2D eigenvalue weighted by atomic mass is 9.99. The van der Waals surface area contributed by atoms with E-state index < -0.39 is 24.0 Å². The molecule has 0 fully saturated rings. The number of aliphatic hydroxyl groups excluding tert-OH is 1. The molecule has 0 saturated carbocycles. The van der Waals surface area contributed by atoms with Crippen LogP contribution in [0.15, 0.2) is 30.3 Å². The van der Waals surface area contributed by atoms with Gasteiger partial charge in [0.05, 0.1) is 6.61 Å². The molecule has 1 aromatic rings. The van der Waals surface area contributed by atoms with Crippen molar-refractivity contribution in [3.63, 3.8) is 0 Å². The Morgan fingerprint density at radius 2 is 1.94 bits per heavy atom. The van der Waals surface area contributed by atoms with Crippen LogP contribution in [0.4, 0.5) is 0 Å². The summed E-state index contributed by atoms with van der Waals surface area (Å²) in [5.74, 6) is -0.865. The highest BCUT2D eigenvalue weighted by molar-refractivity contribution is 7.80. The van der Waals surface area contributed by atoms with Crippen molar-refractivity contribution < 1.29 is 24.5 Å². The van der Waals surface area contributed by atoms with E-state index in [-0.39, 0.29) is 37.6 Å². The van der Waals surface area contributed by atoms with Crippen molar-refractivity contribution in [1.82, 2.24) is 10.6 Å². The predicted molar refractivity (Wildman–Crippen MR) is 124 cm³/mol. The standard InChI is InChI=1S/C22H37N3O5S/c1-3-15(2)19(24-12-17(23)14-31)13-30-20(11-16-7-5-4-6-8-16)21(27)25-18(9-10-26)22(28)29/h4-8,15,17-20,24,26,31H,3,9-14,23H2,1-2H3,(H,25,27)(H,28,29)/t15-,17+,18?,19?,20-/m0/s1. The first kappa shape index (κ1) is 27.4. The van der Waals surface area contributed by atoms with Crippen LogP contribution in [0.1, 0.15) is 32.3 Å². The zero-order valence-corrected chi connectivity index (χ0v) is 19.3. The molecule has 0 aromatic heterocycles. The Bertz CT molecular complexity index is 649. The maximum Gasteiger partial charge on any atom is 0.326 e. The average Bonchev–Trinajstić information content (AvgIpc) is 2.77. The monoisotopic (exact) mass is 455 g/mol. The van der Waals surface area contributed by atoms with Gasteiger partial charge in [0.25, 0.3) is 0 Å². The van der Waals surface area contributed by atoms with Crippen molar-refractivity contribution in [2.45, 2.75) is 57.3 Å². The normalized spacial score (nSPS) is 16.2. The Balaban J connectivity index is 2.90. The van der Waals surface area contributed by atoms with Crippen molar-refractivity contribution in [1.29, 1.82) is 0 Å². The van der Waals surface area contributed by atoms with Crippen LogP contribution in [-0.2, 0) is 20.7 Å². The SMILES string of the molecule is CC[C@H](C)C(CO[C@@H](Cc1ccccc1)C(=O)NC(CCO)C(=O)O)NC[C@@H](N)CS. The Morgan fingerprint density at radius 3 is 2.48 bits per heavy atom. The van der Waals surface area contributed by atoms with E-state index in [2.05, 4.69) is 37.1 Å². The Morgan fingerprint density at radius 1 is 1.26 bits per heavy atom. The fourth-order valence-corrected chi connectivity index (χ4v) is 3.13. The number of carbonyl (C=O) groups is 2. The summed E-state index contributed by atoms with van der Waals surface area (Å²) in [4.78, 5) is 24.3. The molecule has 0 saturated heterocycles. The molecule has 0 heterocycles. The van der Waals surface area contributed by atoms with Gasteiger partial charge in [0, 0.05) is 43.8 Å². The van der Waals surface area contributed by atoms with Crippen LogP contribution in [-0.4, -0.2) is 71.8 Å². The van der Waals surface area contributed by atoms with E-state index >= 15 is 0 Å². The lowest BCUT2D eigenvalue weighted by Gasteiger charge is -2.28. The highest BCUT2D eigenvalue weighted by Gasteiger charge is 2.27. The maximum absolute atomic E-state index is 12.9. The minimum Gasteiger partial charge on any atom is -0.480 e. The molecule has 9 heteroatoms. The topological polar surface area (TPSA) is 134 Å². The molecule has 31 heavy (non-hydrogen) atoms. The molecule has 8 nitrogen and oxygen atoms in total. The van der Waals surface area contributed by atoms with Crippen LogP contribution in [0.5, 0.6) is 0 Å². The number of rotatable bonds is 16. The van der Waals surface area contributed by atoms with E-state index in [1.165, 1.54) is 0 Å². The second kappa shape index (κ2) is 15.2. The van der Waals surface area contributed by atoms with E-state index in [1.807, 2.05) is 30.3 Å². The van der Waals surface area contributed by atoms with Crippen molar-refractivity contribution in [2.75, 3.05) is 25.5 Å². The van der Waals surface area contributed by atoms with Crippen molar-refractivity contribution in [2.24, 2.45) is 11.7 Å². The molecule has 0 spiro atoms. The number of aliphatic carboxylic acids is 1. The van der Waals surface area contributed by atoms with Gasteiger partial charge in [-0.05, 0) is 11.5 Å². The first-order valence-electron chi connectivity index (χ1n) is 10.7. The van der Waals surface area contributed by atoms with E-state index in [0.717, 1.165) is 12.0 Å². The summed E-state index contributed by atoms with van der Waals surface area (Å²) in [5, 5.41) is 24.3. The number of hydrogen-bond acceptors (Lipinski definition) is 7. The zero-order chi connectivity index (χ0) is 23.2. The van der Waals surface area contributed by atoms with Gasteiger partial charge in [0.1, 0.15) is 12.1 Å². The van der Waals surface area contributed by atoms with E-state index in [9.17, 15) is 14.7 Å². The molecule has 0 bridgehead atoms. The molecule has 176 valence electrons. The largest absolute Gasteiger partial charge is 0.480 e. The molecule has 0 radical (unpaired) electrons. The summed E-state index contributed by atoms with van der Waals surface area (Å²) in [6.45, 7) is 4.69. The van der Waals surface area contributed by atoms with Crippen LogP contribution in [0.3, 0.4) is 0 Å². The number of carboxylic acid groups (broad SMARTS) is 1. The summed E-state index contributed by atoms with van der Waals surface area (Å²) in [6, 6.07) is 8.13. The van der Waals surface area contributed by atoms with Gasteiger partial charge in [-0.1, -0.05) is 50.6 Å². The highest BCUT2D eigenvalue weighted by atomic mass is 32.1. The number of amides is 1. The van der Waals surface area contributed by atoms with Gasteiger partial charge >= 0.3 is 5.97 Å². The first-order chi connectivity index (χ1) is 14.8. The number of nitrogens with two attached hydrogens (primary N) is 1. The quantitative estimate of drug-likeness (QED) is 0.203. The third kappa shape index (κ3) is 10.5. The number of aliphatic hydroxyl groups is 1. The van der Waals surface area contributed by atoms with Gasteiger partial charge in [0.2, 0.25) is 5.91 Å². The molecule has 0 aliphatic rings. The number of hydrogen-bond donors (Lipinski definition) is 6. The molecule has 0 aliphatic carbocycles. The van der Waals surface area contributed by atoms with Crippen molar-refractivity contribution >= 4 is 24.5 Å². The number of thiol groups is 1. The van der Waals surface area contributed by atoms with Gasteiger partial charge in [0.15, 0.2) is 0 Å². The van der Waals surface area contributed by atoms with Gasteiger partial charge in [-0.15, -0.1) is 0 Å². The Hall–Kier alpha value is -1.65. The molecule has 2 unspecified atom stereocenters. The number of benzene rings is 1. The smallest absolute Gasteiger partial charge is 0.326 e. The fourth-order valence-electron chi connectivity index (χ4n) is 3.00. The van der Waals surface area contributed by atoms with E-state index in [0.29, 0.717) is 18.7 Å². The summed E-state index contributed by atoms with van der Waals surface area (Å²) < 4.78 is 6.03. The van der Waals surface area contributed by atoms with Gasteiger partial charge < -0.3 is 31.3 Å². The summed E-state index contributed by atoms with van der Waals surface area (Å²) in [6.07, 6.45) is 0.290. The maximum atomic E-state index is 12.9. The van der Waals surface area contributed by atoms with Crippen LogP contribution < -0.4 is 16.4 Å². The third-order valence-electron chi connectivity index (χ3n) is 5.27. The molecular weight excluding hydrogens is 418 g/mol. The lowest BCUT2D eigenvalue weighted by Crippen LogP contribution is -2.50. The minimum atomic E-state index is -1.19. The van der Waals surface area contributed by atoms with E-state index in [4.69, 9.17) is 15.6 Å². The Labute approximate surface area is 190 Å². The van der Waals surface area contributed by atoms with Crippen LogP contribution in [0.25, 0.3) is 0 Å². The predicted octanol–water partition coefficient (Wildman–Crippen LogP) is 0.828. The zero-order valence-electron chi connectivity index (χ0n) is 18.4. The average molecular weight is 456 g/mol. The second-order valence-electron chi connectivity index (χ2n) is 7.77. The molecule has 0 aliphatic heterocycles. The minimum absolute atomic E-state index is 0.0188. The second-order valence-corrected chi connectivity index (χ2v) is 8.13. The van der Waals surface area contributed by atoms with Crippen LogP contribution >= 0.6 is 12.6 Å². The number of nitrogens with one attached hydrogen (secondary N) is 2. The van der Waals surface area contributed by atoms with Crippen molar-refractivity contribution in [3.05, 3.63) is 35.9 Å². The molecule has 1 rings (SSSR count). The number of ether oxygens (including phenoxy) is 1. The molecule has 1 aromatic carbocycles.